The molecule has 0 bridgehead atoms. The molecule has 1 aliphatic rings. The molecule has 1 N–H and O–H groups in total. The summed E-state index contributed by atoms with van der Waals surface area (Å²) < 4.78 is 43.4. The second-order valence-electron chi connectivity index (χ2n) is 4.40. The quantitative estimate of drug-likeness (QED) is 0.815. The minimum Gasteiger partial charge on any atom is -0.493 e. The van der Waals surface area contributed by atoms with E-state index in [4.69, 9.17) is 17.0 Å². The summed E-state index contributed by atoms with van der Waals surface area (Å²) in [5.74, 6) is -0.311. The van der Waals surface area contributed by atoms with Crippen LogP contribution in [0.1, 0.15) is 11.4 Å². The van der Waals surface area contributed by atoms with Crippen molar-refractivity contribution in [2.24, 2.45) is 0 Å². The van der Waals surface area contributed by atoms with Crippen LogP contribution in [0, 0.1) is 4.64 Å². The largest absolute Gasteiger partial charge is 0.493 e. The molecule has 104 valence electrons. The van der Waals surface area contributed by atoms with Gasteiger partial charge in [0.2, 0.25) is 5.82 Å². The molecule has 1 aromatic carbocycles. The third-order valence-corrected chi connectivity index (χ3v) is 3.22. The Hall–Kier alpha value is -1.89. The molecule has 7 heteroatoms. The summed E-state index contributed by atoms with van der Waals surface area (Å²) in [4.78, 5) is 5.60. The standard InChI is InChI=1S/C13H9F3N2OS/c14-13(15,16)12-17-9(6-11(20)18-12)7-1-2-10-8(5-7)3-4-19-10/h1-2,5-6H,3-4H2,(H,17,18,20). The van der Waals surface area contributed by atoms with Crippen molar-refractivity contribution in [2.45, 2.75) is 12.6 Å². The summed E-state index contributed by atoms with van der Waals surface area (Å²) >= 11 is 4.80. The van der Waals surface area contributed by atoms with Crippen LogP contribution in [0.25, 0.3) is 11.3 Å². The lowest BCUT2D eigenvalue weighted by molar-refractivity contribution is -0.144. The van der Waals surface area contributed by atoms with Crippen LogP contribution in [-0.2, 0) is 12.6 Å². The Morgan fingerprint density at radius 1 is 1.25 bits per heavy atom. The van der Waals surface area contributed by atoms with E-state index in [-0.39, 0.29) is 4.64 Å². The van der Waals surface area contributed by atoms with E-state index >= 15 is 0 Å². The Kier molecular flexibility index (Phi) is 3.01. The van der Waals surface area contributed by atoms with E-state index in [0.717, 1.165) is 17.7 Å². The van der Waals surface area contributed by atoms with E-state index in [0.29, 0.717) is 17.9 Å². The molecule has 0 unspecified atom stereocenters. The van der Waals surface area contributed by atoms with Crippen molar-refractivity contribution in [1.29, 1.82) is 0 Å². The Labute approximate surface area is 117 Å². The normalized spacial score (nSPS) is 13.9. The molecule has 20 heavy (non-hydrogen) atoms. The van der Waals surface area contributed by atoms with Gasteiger partial charge in [0.15, 0.2) is 0 Å². The van der Waals surface area contributed by atoms with Crippen LogP contribution in [-0.4, -0.2) is 16.6 Å². The maximum Gasteiger partial charge on any atom is 0.449 e. The molecule has 3 nitrogen and oxygen atoms in total. The summed E-state index contributed by atoms with van der Waals surface area (Å²) in [5.41, 5.74) is 1.91. The van der Waals surface area contributed by atoms with E-state index in [2.05, 4.69) is 9.97 Å². The summed E-state index contributed by atoms with van der Waals surface area (Å²) in [5, 5.41) is 0. The van der Waals surface area contributed by atoms with E-state index in [1.54, 1.807) is 12.1 Å². The van der Waals surface area contributed by atoms with Gasteiger partial charge in [-0.25, -0.2) is 4.98 Å². The first-order valence-electron chi connectivity index (χ1n) is 5.88. The number of H-pyrrole nitrogens is 1. The smallest absolute Gasteiger partial charge is 0.449 e. The molecule has 2 aromatic rings. The number of aromatic amines is 1. The van der Waals surface area contributed by atoms with Crippen molar-refractivity contribution in [3.05, 3.63) is 40.3 Å². The van der Waals surface area contributed by atoms with Crippen molar-refractivity contribution in [3.8, 4) is 17.0 Å². The molecule has 1 aliphatic heterocycles. The number of hydrogen-bond donors (Lipinski definition) is 1. The van der Waals surface area contributed by atoms with E-state index in [1.807, 2.05) is 6.07 Å². The first kappa shape index (κ1) is 13.1. The Bertz CT molecular complexity index is 724. The molecule has 3 rings (SSSR count). The van der Waals surface area contributed by atoms with Gasteiger partial charge < -0.3 is 9.72 Å². The summed E-state index contributed by atoms with van der Waals surface area (Å²) in [7, 11) is 0. The molecule has 2 heterocycles. The Morgan fingerprint density at radius 2 is 2.05 bits per heavy atom. The lowest BCUT2D eigenvalue weighted by atomic mass is 10.1. The van der Waals surface area contributed by atoms with Crippen LogP contribution in [0.4, 0.5) is 13.2 Å². The lowest BCUT2D eigenvalue weighted by Gasteiger charge is -2.09. The number of benzene rings is 1. The molecule has 1 aromatic heterocycles. The molecular formula is C13H9F3N2OS. The van der Waals surface area contributed by atoms with Crippen LogP contribution < -0.4 is 4.74 Å². The number of nitrogens with one attached hydrogen (secondary N) is 1. The molecule has 0 aliphatic carbocycles. The highest BCUT2D eigenvalue weighted by molar-refractivity contribution is 7.71. The summed E-state index contributed by atoms with van der Waals surface area (Å²) in [6, 6.07) is 6.68. The fourth-order valence-electron chi connectivity index (χ4n) is 2.10. The average molecular weight is 298 g/mol. The summed E-state index contributed by atoms with van der Waals surface area (Å²) in [6.07, 6.45) is -3.80. The number of hydrogen-bond acceptors (Lipinski definition) is 3. The minimum absolute atomic E-state index is 0.0946. The minimum atomic E-state index is -4.55. The van der Waals surface area contributed by atoms with Crippen molar-refractivity contribution in [3.63, 3.8) is 0 Å². The first-order valence-corrected chi connectivity index (χ1v) is 6.29. The van der Waals surface area contributed by atoms with Gasteiger partial charge in [-0.2, -0.15) is 13.2 Å². The monoisotopic (exact) mass is 298 g/mol. The van der Waals surface area contributed by atoms with Crippen molar-refractivity contribution in [1.82, 2.24) is 9.97 Å². The van der Waals surface area contributed by atoms with Crippen LogP contribution >= 0.6 is 12.2 Å². The van der Waals surface area contributed by atoms with Gasteiger partial charge in [-0.1, -0.05) is 12.2 Å². The highest BCUT2D eigenvalue weighted by Crippen LogP contribution is 2.31. The van der Waals surface area contributed by atoms with Gasteiger partial charge in [0.05, 0.1) is 6.61 Å². The number of fused-ring (bicyclic) bond motifs is 1. The van der Waals surface area contributed by atoms with Gasteiger partial charge in [-0.3, -0.25) is 0 Å². The number of ether oxygens (including phenoxy) is 1. The van der Waals surface area contributed by atoms with Gasteiger partial charge in [-0.15, -0.1) is 0 Å². The zero-order valence-corrected chi connectivity index (χ0v) is 10.9. The van der Waals surface area contributed by atoms with E-state index in [9.17, 15) is 13.2 Å². The second kappa shape index (κ2) is 4.59. The van der Waals surface area contributed by atoms with Crippen molar-refractivity contribution >= 4 is 12.2 Å². The zero-order valence-electron chi connectivity index (χ0n) is 10.1. The zero-order chi connectivity index (χ0) is 14.3. The fraction of sp³-hybridized carbons (Fsp3) is 0.231. The molecular weight excluding hydrogens is 289 g/mol. The predicted molar refractivity (Wildman–Crippen MR) is 69.1 cm³/mol. The Morgan fingerprint density at radius 3 is 2.80 bits per heavy atom. The van der Waals surface area contributed by atoms with Gasteiger partial charge in [0.25, 0.3) is 0 Å². The van der Waals surface area contributed by atoms with E-state index < -0.39 is 12.0 Å². The highest BCUT2D eigenvalue weighted by Gasteiger charge is 2.34. The van der Waals surface area contributed by atoms with Gasteiger partial charge in [0.1, 0.15) is 10.4 Å². The van der Waals surface area contributed by atoms with Crippen molar-refractivity contribution < 1.29 is 17.9 Å². The third kappa shape index (κ3) is 2.40. The lowest BCUT2D eigenvalue weighted by Crippen LogP contribution is -2.11. The van der Waals surface area contributed by atoms with Gasteiger partial charge >= 0.3 is 6.18 Å². The molecule has 0 radical (unpaired) electrons. The number of rotatable bonds is 1. The topological polar surface area (TPSA) is 37.9 Å². The molecule has 0 saturated carbocycles. The molecule has 0 spiro atoms. The van der Waals surface area contributed by atoms with Crippen molar-refractivity contribution in [2.75, 3.05) is 6.61 Å². The number of alkyl halides is 3. The van der Waals surface area contributed by atoms with Gasteiger partial charge in [-0.05, 0) is 35.4 Å². The molecule has 0 atom stereocenters. The van der Waals surface area contributed by atoms with Crippen LogP contribution in [0.3, 0.4) is 0 Å². The first-order chi connectivity index (χ1) is 9.43. The SMILES string of the molecule is FC(F)(F)c1nc(=S)cc(-c2ccc3c(c2)CCO3)[nH]1. The number of aromatic nitrogens is 2. The highest BCUT2D eigenvalue weighted by atomic mass is 32.1. The molecule has 0 fully saturated rings. The summed E-state index contributed by atoms with van der Waals surface area (Å²) in [6.45, 7) is 0.596. The molecule has 0 saturated heterocycles. The second-order valence-corrected chi connectivity index (χ2v) is 4.82. The van der Waals surface area contributed by atoms with Gasteiger partial charge in [0, 0.05) is 12.1 Å². The Balaban J connectivity index is 2.10. The van der Waals surface area contributed by atoms with Crippen LogP contribution in [0.15, 0.2) is 24.3 Å². The predicted octanol–water partition coefficient (Wildman–Crippen LogP) is 3.76. The maximum atomic E-state index is 12.7. The number of halogens is 3. The third-order valence-electron chi connectivity index (χ3n) is 3.01. The maximum absolute atomic E-state index is 12.7. The fourth-order valence-corrected chi connectivity index (χ4v) is 2.31. The number of nitrogens with zero attached hydrogens (tertiary/aromatic N) is 1. The van der Waals surface area contributed by atoms with Crippen LogP contribution in [0.2, 0.25) is 0 Å². The van der Waals surface area contributed by atoms with Crippen LogP contribution in [0.5, 0.6) is 5.75 Å². The molecule has 0 amide bonds. The van der Waals surface area contributed by atoms with E-state index in [1.165, 1.54) is 6.07 Å². The average Bonchev–Trinajstić information content (AvgIpc) is 2.84.